The van der Waals surface area contributed by atoms with Crippen molar-refractivity contribution < 1.29 is 26.3 Å². The maximum absolute atomic E-state index is 12.7. The van der Waals surface area contributed by atoms with Crippen molar-refractivity contribution in [1.29, 1.82) is 0 Å². The van der Waals surface area contributed by atoms with Crippen molar-refractivity contribution in [2.24, 2.45) is 0 Å². The molecule has 1 radical (unpaired) electrons. The molecule has 1 heterocycles. The van der Waals surface area contributed by atoms with E-state index in [-0.39, 0.29) is 16.4 Å². The molecule has 2 rings (SSSR count). The number of nitrogens with zero attached hydrogens (tertiary/aromatic N) is 2. The number of para-hydroxylation sites is 1. The van der Waals surface area contributed by atoms with Gasteiger partial charge < -0.3 is 0 Å². The predicted molar refractivity (Wildman–Crippen MR) is 52.4 cm³/mol. The van der Waals surface area contributed by atoms with Gasteiger partial charge in [0.05, 0.1) is 5.69 Å². The van der Waals surface area contributed by atoms with Gasteiger partial charge in [0.25, 0.3) is 0 Å². The Kier molecular flexibility index (Phi) is 3.03. The molecule has 0 spiro atoms. The first-order valence-electron chi connectivity index (χ1n) is 4.91. The molecule has 0 N–H and O–H groups in total. The quantitative estimate of drug-likeness (QED) is 0.728. The third-order valence-corrected chi connectivity index (χ3v) is 2.21. The number of alkyl halides is 6. The van der Waals surface area contributed by atoms with Crippen molar-refractivity contribution >= 4 is 0 Å². The van der Waals surface area contributed by atoms with Crippen molar-refractivity contribution in [3.63, 3.8) is 0 Å². The lowest BCUT2D eigenvalue weighted by Crippen LogP contribution is -2.13. The first kappa shape index (κ1) is 13.4. The molecule has 0 saturated carbocycles. The molecule has 0 aliphatic carbocycles. The predicted octanol–water partition coefficient (Wildman–Crippen LogP) is 3.71. The second-order valence-electron chi connectivity index (χ2n) is 3.57. The van der Waals surface area contributed by atoms with Gasteiger partial charge in [-0.25, -0.2) is 4.68 Å². The fraction of sp³-hybridized carbons (Fsp3) is 0.182. The Morgan fingerprint density at radius 2 is 1.68 bits per heavy atom. The van der Waals surface area contributed by atoms with E-state index in [9.17, 15) is 26.3 Å². The number of hydrogen-bond acceptors (Lipinski definition) is 1. The van der Waals surface area contributed by atoms with Crippen LogP contribution in [0, 0.1) is 6.07 Å². The average molecular weight is 279 g/mol. The molecule has 2 aromatic rings. The Hall–Kier alpha value is -1.99. The van der Waals surface area contributed by atoms with Crippen LogP contribution in [0.1, 0.15) is 11.4 Å². The molecule has 1 aromatic heterocycles. The maximum Gasteiger partial charge on any atom is 0.435 e. The zero-order valence-corrected chi connectivity index (χ0v) is 9.05. The molecule has 0 atom stereocenters. The topological polar surface area (TPSA) is 17.8 Å². The summed E-state index contributed by atoms with van der Waals surface area (Å²) in [7, 11) is 0. The van der Waals surface area contributed by atoms with Gasteiger partial charge in [-0.15, -0.1) is 0 Å². The normalized spacial score (nSPS) is 12.7. The van der Waals surface area contributed by atoms with Crippen LogP contribution in [0.15, 0.2) is 30.3 Å². The highest BCUT2D eigenvalue weighted by atomic mass is 19.4. The molecular formula is C11H5F6N2. The minimum absolute atomic E-state index is 0.0269. The van der Waals surface area contributed by atoms with Gasteiger partial charge in [0.2, 0.25) is 0 Å². The van der Waals surface area contributed by atoms with Crippen LogP contribution in [0.25, 0.3) is 5.69 Å². The smallest absolute Gasteiger partial charge is 0.227 e. The van der Waals surface area contributed by atoms with Crippen molar-refractivity contribution in [1.82, 2.24) is 9.78 Å². The van der Waals surface area contributed by atoms with Crippen LogP contribution in [0.4, 0.5) is 26.3 Å². The van der Waals surface area contributed by atoms with E-state index in [0.29, 0.717) is 0 Å². The highest BCUT2D eigenvalue weighted by Gasteiger charge is 2.42. The van der Waals surface area contributed by atoms with Gasteiger partial charge in [0.1, 0.15) is 5.69 Å². The van der Waals surface area contributed by atoms with Gasteiger partial charge in [-0.3, -0.25) is 0 Å². The Bertz CT molecular complexity index is 567. The zero-order valence-electron chi connectivity index (χ0n) is 9.05. The summed E-state index contributed by atoms with van der Waals surface area (Å²) in [5, 5.41) is 2.96. The van der Waals surface area contributed by atoms with Crippen LogP contribution in [-0.4, -0.2) is 9.78 Å². The van der Waals surface area contributed by atoms with Gasteiger partial charge in [-0.05, 0) is 6.07 Å². The molecule has 0 amide bonds. The summed E-state index contributed by atoms with van der Waals surface area (Å²) >= 11 is 0. The second kappa shape index (κ2) is 4.29. The molecule has 0 unspecified atom stereocenters. The van der Waals surface area contributed by atoms with Crippen LogP contribution in [0.2, 0.25) is 0 Å². The van der Waals surface area contributed by atoms with Crippen molar-refractivity contribution in [3.05, 3.63) is 47.8 Å². The molecule has 0 fully saturated rings. The molecule has 0 bridgehead atoms. The van der Waals surface area contributed by atoms with E-state index < -0.39 is 23.7 Å². The summed E-state index contributed by atoms with van der Waals surface area (Å²) in [6.07, 6.45) is -9.89. The minimum Gasteiger partial charge on any atom is -0.227 e. The SMILES string of the molecule is FC(F)(F)c1cc(C(F)(F)F)n(-c2[c]cccc2)n1. The molecular weight excluding hydrogens is 274 g/mol. The lowest BCUT2D eigenvalue weighted by molar-refractivity contribution is -0.143. The summed E-state index contributed by atoms with van der Waals surface area (Å²) in [6, 6.07) is 7.69. The summed E-state index contributed by atoms with van der Waals surface area (Å²) < 4.78 is 75.6. The molecule has 0 saturated heterocycles. The molecule has 19 heavy (non-hydrogen) atoms. The molecule has 1 aromatic carbocycles. The highest BCUT2D eigenvalue weighted by Crippen LogP contribution is 2.36. The number of rotatable bonds is 1. The lowest BCUT2D eigenvalue weighted by Gasteiger charge is -2.09. The zero-order chi connectivity index (χ0) is 14.3. The van der Waals surface area contributed by atoms with E-state index in [2.05, 4.69) is 11.2 Å². The number of halogens is 6. The van der Waals surface area contributed by atoms with Gasteiger partial charge in [-0.2, -0.15) is 31.4 Å². The monoisotopic (exact) mass is 279 g/mol. The van der Waals surface area contributed by atoms with E-state index in [1.165, 1.54) is 24.3 Å². The summed E-state index contributed by atoms with van der Waals surface area (Å²) in [5.41, 5.74) is -3.32. The Labute approximate surface area is 103 Å². The van der Waals surface area contributed by atoms with Crippen molar-refractivity contribution in [3.8, 4) is 5.69 Å². The number of aromatic nitrogens is 2. The van der Waals surface area contributed by atoms with E-state index in [1.807, 2.05) is 0 Å². The van der Waals surface area contributed by atoms with Gasteiger partial charge in [-0.1, -0.05) is 18.2 Å². The van der Waals surface area contributed by atoms with Gasteiger partial charge >= 0.3 is 12.4 Å². The Morgan fingerprint density at radius 3 is 2.16 bits per heavy atom. The standard InChI is InChI=1S/C11H5F6N2/c12-10(13,14)8-6-9(11(15,16)17)19(18-8)7-4-2-1-3-5-7/h1-4,6H. The molecule has 0 aliphatic heterocycles. The average Bonchev–Trinajstić information content (AvgIpc) is 2.74. The Morgan fingerprint density at radius 1 is 1.00 bits per heavy atom. The van der Waals surface area contributed by atoms with Gasteiger partial charge in [0, 0.05) is 12.1 Å². The summed E-state index contributed by atoms with van der Waals surface area (Å²) in [4.78, 5) is 0. The van der Waals surface area contributed by atoms with E-state index in [1.54, 1.807) is 0 Å². The Balaban J connectivity index is 2.63. The van der Waals surface area contributed by atoms with Crippen LogP contribution >= 0.6 is 0 Å². The fourth-order valence-corrected chi connectivity index (χ4v) is 1.42. The first-order chi connectivity index (χ1) is 8.69. The van der Waals surface area contributed by atoms with Crippen LogP contribution in [-0.2, 0) is 12.4 Å². The largest absolute Gasteiger partial charge is 0.435 e. The van der Waals surface area contributed by atoms with Crippen LogP contribution < -0.4 is 0 Å². The molecule has 101 valence electrons. The molecule has 0 aliphatic rings. The summed E-state index contributed by atoms with van der Waals surface area (Å²) in [5.74, 6) is 0. The molecule has 8 heteroatoms. The van der Waals surface area contributed by atoms with E-state index in [0.717, 1.165) is 0 Å². The minimum atomic E-state index is -4.94. The van der Waals surface area contributed by atoms with E-state index in [4.69, 9.17) is 0 Å². The highest BCUT2D eigenvalue weighted by molar-refractivity contribution is 5.33. The van der Waals surface area contributed by atoms with Gasteiger partial charge in [0.15, 0.2) is 5.69 Å². The third kappa shape index (κ3) is 2.72. The lowest BCUT2D eigenvalue weighted by atomic mass is 10.3. The fourth-order valence-electron chi connectivity index (χ4n) is 1.42. The van der Waals surface area contributed by atoms with Crippen LogP contribution in [0.5, 0.6) is 0 Å². The summed E-state index contributed by atoms with van der Waals surface area (Å²) in [6.45, 7) is 0. The van der Waals surface area contributed by atoms with Crippen molar-refractivity contribution in [2.75, 3.05) is 0 Å². The van der Waals surface area contributed by atoms with E-state index >= 15 is 0 Å². The number of hydrogen-bond donors (Lipinski definition) is 0. The number of benzene rings is 1. The second-order valence-corrected chi connectivity index (χ2v) is 3.57. The van der Waals surface area contributed by atoms with Crippen LogP contribution in [0.3, 0.4) is 0 Å². The third-order valence-electron chi connectivity index (χ3n) is 2.21. The maximum atomic E-state index is 12.7. The van der Waals surface area contributed by atoms with Crippen molar-refractivity contribution in [2.45, 2.75) is 12.4 Å². The first-order valence-corrected chi connectivity index (χ1v) is 4.91. The molecule has 2 nitrogen and oxygen atoms in total.